The highest BCUT2D eigenvalue weighted by Crippen LogP contribution is 2.14. The Balaban J connectivity index is 1.80. The van der Waals surface area contributed by atoms with Gasteiger partial charge < -0.3 is 15.0 Å². The van der Waals surface area contributed by atoms with Gasteiger partial charge in [0.1, 0.15) is 11.6 Å². The molecule has 0 aromatic heterocycles. The Labute approximate surface area is 159 Å². The molecule has 0 aliphatic rings. The van der Waals surface area contributed by atoms with E-state index in [4.69, 9.17) is 4.74 Å². The van der Waals surface area contributed by atoms with Crippen LogP contribution in [0.2, 0.25) is 0 Å². The number of amides is 2. The lowest BCUT2D eigenvalue weighted by Crippen LogP contribution is -2.40. The van der Waals surface area contributed by atoms with Crippen LogP contribution in [-0.2, 0) is 22.6 Å². The maximum absolute atomic E-state index is 12.9. The van der Waals surface area contributed by atoms with E-state index < -0.39 is 0 Å². The Bertz CT molecular complexity index is 762. The highest BCUT2D eigenvalue weighted by atomic mass is 19.1. The standard InChI is InChI=1S/C21H25FN2O3/c1-3-24(15-20(25)23-14-17-7-10-18(22)11-8-17)21(26)12-9-16-5-4-6-19(13-16)27-2/h4-8,10-11,13H,3,9,12,14-15H2,1-2H3,(H,23,25). The largest absolute Gasteiger partial charge is 0.497 e. The molecule has 0 aliphatic carbocycles. The van der Waals surface area contributed by atoms with Crippen molar-refractivity contribution in [1.29, 1.82) is 0 Å². The van der Waals surface area contributed by atoms with Crippen molar-refractivity contribution >= 4 is 11.8 Å². The number of carbonyl (C=O) groups excluding carboxylic acids is 2. The van der Waals surface area contributed by atoms with Crippen LogP contribution in [0.25, 0.3) is 0 Å². The molecule has 1 N–H and O–H groups in total. The highest BCUT2D eigenvalue weighted by molar-refractivity contribution is 5.84. The molecule has 0 aliphatic heterocycles. The third-order valence-corrected chi connectivity index (χ3v) is 4.23. The average Bonchev–Trinajstić information content (AvgIpc) is 2.70. The van der Waals surface area contributed by atoms with Gasteiger partial charge in [-0.2, -0.15) is 0 Å². The van der Waals surface area contributed by atoms with Crippen molar-refractivity contribution < 1.29 is 18.7 Å². The minimum absolute atomic E-state index is 0.00857. The van der Waals surface area contributed by atoms with Gasteiger partial charge in [-0.05, 0) is 48.7 Å². The molecule has 0 saturated carbocycles. The molecule has 6 heteroatoms. The Kier molecular flexibility index (Phi) is 7.79. The molecule has 0 atom stereocenters. The lowest BCUT2D eigenvalue weighted by molar-refractivity contribution is -0.135. The molecule has 27 heavy (non-hydrogen) atoms. The highest BCUT2D eigenvalue weighted by Gasteiger charge is 2.15. The van der Waals surface area contributed by atoms with E-state index in [-0.39, 0.29) is 24.2 Å². The summed E-state index contributed by atoms with van der Waals surface area (Å²) in [5.41, 5.74) is 1.82. The van der Waals surface area contributed by atoms with Crippen molar-refractivity contribution in [2.45, 2.75) is 26.3 Å². The second-order valence-electron chi connectivity index (χ2n) is 6.16. The van der Waals surface area contributed by atoms with Gasteiger partial charge in [0.15, 0.2) is 0 Å². The van der Waals surface area contributed by atoms with Gasteiger partial charge >= 0.3 is 0 Å². The number of hydrogen-bond acceptors (Lipinski definition) is 3. The number of ether oxygens (including phenoxy) is 1. The fourth-order valence-electron chi connectivity index (χ4n) is 2.65. The van der Waals surface area contributed by atoms with Crippen LogP contribution in [-0.4, -0.2) is 36.9 Å². The molecule has 5 nitrogen and oxygen atoms in total. The van der Waals surface area contributed by atoms with E-state index >= 15 is 0 Å². The number of aryl methyl sites for hydroxylation is 1. The second kappa shape index (κ2) is 10.3. The molecule has 2 rings (SSSR count). The lowest BCUT2D eigenvalue weighted by atomic mass is 10.1. The first-order valence-corrected chi connectivity index (χ1v) is 8.93. The number of benzene rings is 2. The number of halogens is 1. The molecule has 0 saturated heterocycles. The number of nitrogens with zero attached hydrogens (tertiary/aromatic N) is 1. The molecular formula is C21H25FN2O3. The van der Waals surface area contributed by atoms with Gasteiger partial charge in [-0.3, -0.25) is 9.59 Å². The molecule has 2 amide bonds. The van der Waals surface area contributed by atoms with Gasteiger partial charge in [0.25, 0.3) is 0 Å². The van der Waals surface area contributed by atoms with Crippen LogP contribution >= 0.6 is 0 Å². The molecule has 0 fully saturated rings. The van der Waals surface area contributed by atoms with E-state index in [1.54, 1.807) is 19.2 Å². The summed E-state index contributed by atoms with van der Waals surface area (Å²) in [4.78, 5) is 26.1. The molecule has 0 radical (unpaired) electrons. The maximum atomic E-state index is 12.9. The van der Waals surface area contributed by atoms with Crippen molar-refractivity contribution in [2.75, 3.05) is 20.2 Å². The van der Waals surface area contributed by atoms with Crippen LogP contribution in [0.4, 0.5) is 4.39 Å². The maximum Gasteiger partial charge on any atom is 0.239 e. The van der Waals surface area contributed by atoms with E-state index in [1.807, 2.05) is 31.2 Å². The predicted molar refractivity (Wildman–Crippen MR) is 102 cm³/mol. The average molecular weight is 372 g/mol. The molecule has 2 aromatic carbocycles. The summed E-state index contributed by atoms with van der Waals surface area (Å²) in [5, 5.41) is 2.76. The molecule has 2 aromatic rings. The summed E-state index contributed by atoms with van der Waals surface area (Å²) >= 11 is 0. The van der Waals surface area contributed by atoms with E-state index in [1.165, 1.54) is 17.0 Å². The van der Waals surface area contributed by atoms with Crippen LogP contribution in [0.3, 0.4) is 0 Å². The van der Waals surface area contributed by atoms with Crippen molar-refractivity contribution in [1.82, 2.24) is 10.2 Å². The number of carbonyl (C=O) groups is 2. The summed E-state index contributed by atoms with van der Waals surface area (Å²) < 4.78 is 18.1. The second-order valence-corrected chi connectivity index (χ2v) is 6.16. The van der Waals surface area contributed by atoms with Gasteiger partial charge in [-0.1, -0.05) is 24.3 Å². The van der Waals surface area contributed by atoms with E-state index in [0.717, 1.165) is 16.9 Å². The third-order valence-electron chi connectivity index (χ3n) is 4.23. The summed E-state index contributed by atoms with van der Waals surface area (Å²) in [6.07, 6.45) is 0.913. The fraction of sp³-hybridized carbons (Fsp3) is 0.333. The zero-order chi connectivity index (χ0) is 19.6. The minimum Gasteiger partial charge on any atom is -0.497 e. The Morgan fingerprint density at radius 2 is 1.85 bits per heavy atom. The van der Waals surface area contributed by atoms with Crippen LogP contribution in [0.15, 0.2) is 48.5 Å². The first kappa shape index (κ1) is 20.4. The number of methoxy groups -OCH3 is 1. The minimum atomic E-state index is -0.316. The normalized spacial score (nSPS) is 10.3. The summed E-state index contributed by atoms with van der Waals surface area (Å²) in [6, 6.07) is 13.5. The zero-order valence-electron chi connectivity index (χ0n) is 15.7. The fourth-order valence-corrected chi connectivity index (χ4v) is 2.65. The monoisotopic (exact) mass is 372 g/mol. The van der Waals surface area contributed by atoms with Gasteiger partial charge in [-0.15, -0.1) is 0 Å². The Morgan fingerprint density at radius 3 is 2.52 bits per heavy atom. The SMILES string of the molecule is CCN(CC(=O)NCc1ccc(F)cc1)C(=O)CCc1cccc(OC)c1. The summed E-state index contributed by atoms with van der Waals surface area (Å²) in [7, 11) is 1.60. The summed E-state index contributed by atoms with van der Waals surface area (Å²) in [6.45, 7) is 2.61. The molecule has 0 spiro atoms. The zero-order valence-corrected chi connectivity index (χ0v) is 15.7. The molecule has 0 heterocycles. The molecular weight excluding hydrogens is 347 g/mol. The van der Waals surface area contributed by atoms with E-state index in [2.05, 4.69) is 5.32 Å². The van der Waals surface area contributed by atoms with Crippen LogP contribution < -0.4 is 10.1 Å². The van der Waals surface area contributed by atoms with Crippen molar-refractivity contribution in [3.63, 3.8) is 0 Å². The number of rotatable bonds is 9. The van der Waals surface area contributed by atoms with Crippen LogP contribution in [0.1, 0.15) is 24.5 Å². The van der Waals surface area contributed by atoms with Crippen LogP contribution in [0.5, 0.6) is 5.75 Å². The number of nitrogens with one attached hydrogen (secondary N) is 1. The van der Waals surface area contributed by atoms with Gasteiger partial charge in [0, 0.05) is 19.5 Å². The van der Waals surface area contributed by atoms with Crippen molar-refractivity contribution in [3.8, 4) is 5.75 Å². The molecule has 0 bridgehead atoms. The van der Waals surface area contributed by atoms with Crippen molar-refractivity contribution in [2.24, 2.45) is 0 Å². The smallest absolute Gasteiger partial charge is 0.239 e. The van der Waals surface area contributed by atoms with Crippen LogP contribution in [0, 0.1) is 5.82 Å². The number of likely N-dealkylation sites (N-methyl/N-ethyl adjacent to an activating group) is 1. The topological polar surface area (TPSA) is 58.6 Å². The van der Waals surface area contributed by atoms with Gasteiger partial charge in [-0.25, -0.2) is 4.39 Å². The first-order valence-electron chi connectivity index (χ1n) is 8.93. The molecule has 0 unspecified atom stereocenters. The third kappa shape index (κ3) is 6.73. The van der Waals surface area contributed by atoms with Gasteiger partial charge in [0.05, 0.1) is 13.7 Å². The number of hydrogen-bond donors (Lipinski definition) is 1. The first-order chi connectivity index (χ1) is 13.0. The lowest BCUT2D eigenvalue weighted by Gasteiger charge is -2.20. The van der Waals surface area contributed by atoms with E-state index in [9.17, 15) is 14.0 Å². The quantitative estimate of drug-likeness (QED) is 0.736. The molecule has 144 valence electrons. The predicted octanol–water partition coefficient (Wildman–Crippen LogP) is 2.93. The Morgan fingerprint density at radius 1 is 1.11 bits per heavy atom. The summed E-state index contributed by atoms with van der Waals surface area (Å²) in [5.74, 6) is 0.129. The van der Waals surface area contributed by atoms with Crippen molar-refractivity contribution in [3.05, 3.63) is 65.5 Å². The van der Waals surface area contributed by atoms with Gasteiger partial charge in [0.2, 0.25) is 11.8 Å². The Hall–Kier alpha value is -2.89. The van der Waals surface area contributed by atoms with E-state index in [0.29, 0.717) is 25.9 Å².